The van der Waals surface area contributed by atoms with Gasteiger partial charge in [0, 0.05) is 29.8 Å². The van der Waals surface area contributed by atoms with E-state index in [1.54, 1.807) is 0 Å². The molecule has 0 aliphatic carbocycles. The number of likely N-dealkylation sites (N-methyl/N-ethyl adjacent to an activating group) is 1. The normalized spacial score (nSPS) is 11.1. The number of aryl methyl sites for hydroxylation is 1. The lowest BCUT2D eigenvalue weighted by molar-refractivity contribution is -0.384. The molecule has 0 aromatic heterocycles. The van der Waals surface area contributed by atoms with Gasteiger partial charge < -0.3 is 9.64 Å². The molecular formula is C21H26N2O4. The van der Waals surface area contributed by atoms with Crippen LogP contribution in [0.25, 0.3) is 0 Å². The van der Waals surface area contributed by atoms with Gasteiger partial charge in [-0.25, -0.2) is 0 Å². The molecule has 0 radical (unpaired) electrons. The minimum atomic E-state index is -0.476. The van der Waals surface area contributed by atoms with E-state index in [0.29, 0.717) is 17.7 Å². The highest BCUT2D eigenvalue weighted by Gasteiger charge is 2.18. The second-order valence-electron chi connectivity index (χ2n) is 7.14. The molecule has 2 aromatic rings. The minimum absolute atomic E-state index is 0.0317. The van der Waals surface area contributed by atoms with Gasteiger partial charge in [0.25, 0.3) is 5.69 Å². The molecule has 0 N–H and O–H groups in total. The molecule has 0 spiro atoms. The summed E-state index contributed by atoms with van der Waals surface area (Å²) in [6, 6.07) is 9.49. The Morgan fingerprint density at radius 1 is 1.19 bits per heavy atom. The highest BCUT2D eigenvalue weighted by Crippen LogP contribution is 2.31. The van der Waals surface area contributed by atoms with Crippen molar-refractivity contribution in [3.63, 3.8) is 0 Å². The van der Waals surface area contributed by atoms with Crippen LogP contribution in [0.5, 0.6) is 5.75 Å². The van der Waals surface area contributed by atoms with Crippen LogP contribution in [0, 0.1) is 17.0 Å². The number of nitrogens with zero attached hydrogens (tertiary/aromatic N) is 2. The molecule has 0 saturated carbocycles. The number of hydrogen-bond donors (Lipinski definition) is 0. The van der Waals surface area contributed by atoms with Crippen molar-refractivity contribution in [1.29, 1.82) is 0 Å². The van der Waals surface area contributed by atoms with Crippen LogP contribution in [0.1, 0.15) is 46.8 Å². The van der Waals surface area contributed by atoms with Crippen molar-refractivity contribution in [2.75, 3.05) is 27.2 Å². The molecule has 0 fully saturated rings. The fourth-order valence-electron chi connectivity index (χ4n) is 2.75. The van der Waals surface area contributed by atoms with Gasteiger partial charge in [-0.15, -0.1) is 0 Å². The zero-order valence-electron chi connectivity index (χ0n) is 16.5. The van der Waals surface area contributed by atoms with E-state index >= 15 is 0 Å². The number of ether oxygens (including phenoxy) is 1. The maximum atomic E-state index is 12.9. The summed E-state index contributed by atoms with van der Waals surface area (Å²) in [5, 5.41) is 10.8. The Hall–Kier alpha value is -2.73. The second kappa shape index (κ2) is 8.77. The van der Waals surface area contributed by atoms with Gasteiger partial charge in [-0.05, 0) is 62.3 Å². The van der Waals surface area contributed by atoms with Gasteiger partial charge in [0.05, 0.1) is 4.92 Å². The summed E-state index contributed by atoms with van der Waals surface area (Å²) in [4.78, 5) is 25.3. The van der Waals surface area contributed by atoms with Crippen molar-refractivity contribution in [1.82, 2.24) is 4.90 Å². The third kappa shape index (κ3) is 5.14. The number of benzene rings is 2. The molecule has 0 aliphatic rings. The molecular weight excluding hydrogens is 344 g/mol. The molecule has 6 nitrogen and oxygen atoms in total. The molecule has 0 atom stereocenters. The van der Waals surface area contributed by atoms with Crippen molar-refractivity contribution >= 4 is 11.5 Å². The van der Waals surface area contributed by atoms with Crippen molar-refractivity contribution in [2.24, 2.45) is 0 Å². The first kappa shape index (κ1) is 20.6. The first-order valence-electron chi connectivity index (χ1n) is 8.92. The van der Waals surface area contributed by atoms with Gasteiger partial charge in [0.1, 0.15) is 12.4 Å². The van der Waals surface area contributed by atoms with Crippen molar-refractivity contribution < 1.29 is 14.5 Å². The average Bonchev–Trinajstić information content (AvgIpc) is 2.60. The largest absolute Gasteiger partial charge is 0.492 e. The lowest BCUT2D eigenvalue weighted by atomic mass is 9.92. The molecule has 0 aliphatic heterocycles. The predicted octanol–water partition coefficient (Wildman–Crippen LogP) is 4.20. The first-order valence-corrected chi connectivity index (χ1v) is 8.92. The summed E-state index contributed by atoms with van der Waals surface area (Å²) in [5.41, 5.74) is 2.79. The zero-order valence-corrected chi connectivity index (χ0v) is 16.5. The summed E-state index contributed by atoms with van der Waals surface area (Å²) in [6.07, 6.45) is 0. The highest BCUT2D eigenvalue weighted by atomic mass is 16.6. The standard InChI is InChI=1S/C21H26N2O4/c1-14(2)18-13-19(15(3)12-20(18)27-11-10-22(4)5)21(24)16-6-8-17(9-7-16)23(25)26/h6-9,12-14H,10-11H2,1-5H3. The third-order valence-electron chi connectivity index (χ3n) is 4.36. The van der Waals surface area contributed by atoms with Crippen LogP contribution in [0.2, 0.25) is 0 Å². The van der Waals surface area contributed by atoms with Gasteiger partial charge in [0.2, 0.25) is 0 Å². The van der Waals surface area contributed by atoms with Crippen molar-refractivity contribution in [3.8, 4) is 5.75 Å². The van der Waals surface area contributed by atoms with Crippen LogP contribution >= 0.6 is 0 Å². The van der Waals surface area contributed by atoms with Crippen molar-refractivity contribution in [2.45, 2.75) is 26.7 Å². The fourth-order valence-corrected chi connectivity index (χ4v) is 2.75. The van der Waals surface area contributed by atoms with Crippen LogP contribution in [0.15, 0.2) is 36.4 Å². The van der Waals surface area contributed by atoms with E-state index in [4.69, 9.17) is 4.74 Å². The molecule has 0 bridgehead atoms. The van der Waals surface area contributed by atoms with Gasteiger partial charge in [-0.3, -0.25) is 14.9 Å². The Kier molecular flexibility index (Phi) is 6.69. The number of nitro benzene ring substituents is 1. The molecule has 0 unspecified atom stereocenters. The molecule has 0 heterocycles. The van der Waals surface area contributed by atoms with E-state index in [1.165, 1.54) is 24.3 Å². The van der Waals surface area contributed by atoms with Gasteiger partial charge in [-0.1, -0.05) is 13.8 Å². The van der Waals surface area contributed by atoms with Crippen LogP contribution in [-0.4, -0.2) is 42.9 Å². The number of carbonyl (C=O) groups is 1. The van der Waals surface area contributed by atoms with Gasteiger partial charge in [-0.2, -0.15) is 0 Å². The van der Waals surface area contributed by atoms with E-state index in [0.717, 1.165) is 23.4 Å². The molecule has 0 saturated heterocycles. The molecule has 2 aromatic carbocycles. The van der Waals surface area contributed by atoms with E-state index in [2.05, 4.69) is 13.8 Å². The molecule has 27 heavy (non-hydrogen) atoms. The van der Waals surface area contributed by atoms with Crippen molar-refractivity contribution in [3.05, 3.63) is 68.8 Å². The maximum Gasteiger partial charge on any atom is 0.269 e. The topological polar surface area (TPSA) is 72.7 Å². The van der Waals surface area contributed by atoms with Crippen LogP contribution in [0.4, 0.5) is 5.69 Å². The van der Waals surface area contributed by atoms with Crippen LogP contribution in [-0.2, 0) is 0 Å². The number of carbonyl (C=O) groups excluding carboxylic acids is 1. The van der Waals surface area contributed by atoms with E-state index in [-0.39, 0.29) is 17.4 Å². The monoisotopic (exact) mass is 370 g/mol. The van der Waals surface area contributed by atoms with Gasteiger partial charge >= 0.3 is 0 Å². The SMILES string of the molecule is Cc1cc(OCCN(C)C)c(C(C)C)cc1C(=O)c1ccc([N+](=O)[O-])cc1. The quantitative estimate of drug-likeness (QED) is 0.396. The lowest BCUT2D eigenvalue weighted by Crippen LogP contribution is -2.20. The summed E-state index contributed by atoms with van der Waals surface area (Å²) >= 11 is 0. The van der Waals surface area contributed by atoms with Crippen LogP contribution in [0.3, 0.4) is 0 Å². The number of hydrogen-bond acceptors (Lipinski definition) is 5. The summed E-state index contributed by atoms with van der Waals surface area (Å²) in [6.45, 7) is 7.37. The second-order valence-corrected chi connectivity index (χ2v) is 7.14. The smallest absolute Gasteiger partial charge is 0.269 e. The Bertz CT molecular complexity index is 827. The highest BCUT2D eigenvalue weighted by molar-refractivity contribution is 6.10. The van der Waals surface area contributed by atoms with Crippen LogP contribution < -0.4 is 4.74 Å². The number of rotatable bonds is 8. The maximum absolute atomic E-state index is 12.9. The predicted molar refractivity (Wildman–Crippen MR) is 106 cm³/mol. The van der Waals surface area contributed by atoms with E-state index < -0.39 is 4.92 Å². The van der Waals surface area contributed by atoms with E-state index in [9.17, 15) is 14.9 Å². The minimum Gasteiger partial charge on any atom is -0.492 e. The Balaban J connectivity index is 2.34. The number of ketones is 1. The average molecular weight is 370 g/mol. The Labute approximate surface area is 159 Å². The lowest BCUT2D eigenvalue weighted by Gasteiger charge is -2.18. The van der Waals surface area contributed by atoms with E-state index in [1.807, 2.05) is 38.1 Å². The summed E-state index contributed by atoms with van der Waals surface area (Å²) < 4.78 is 5.94. The summed E-state index contributed by atoms with van der Waals surface area (Å²) in [5.74, 6) is 0.845. The Morgan fingerprint density at radius 2 is 1.81 bits per heavy atom. The first-order chi connectivity index (χ1) is 12.7. The molecule has 0 amide bonds. The summed E-state index contributed by atoms with van der Waals surface area (Å²) in [7, 11) is 3.98. The third-order valence-corrected chi connectivity index (χ3v) is 4.36. The van der Waals surface area contributed by atoms with Gasteiger partial charge in [0.15, 0.2) is 5.78 Å². The Morgan fingerprint density at radius 3 is 2.33 bits per heavy atom. The number of nitro groups is 1. The molecule has 6 heteroatoms. The fraction of sp³-hybridized carbons (Fsp3) is 0.381. The zero-order chi connectivity index (χ0) is 20.1. The number of non-ortho nitro benzene ring substituents is 1. The molecule has 2 rings (SSSR count). The molecule has 144 valence electrons.